The van der Waals surface area contributed by atoms with E-state index in [1.54, 1.807) is 29.7 Å². The van der Waals surface area contributed by atoms with Crippen LogP contribution >= 0.6 is 22.7 Å². The molecule has 10 rings (SSSR count). The molecule has 2 amide bonds. The number of carbonyl (C=O) groups excluding carboxylic acids is 2. The first-order chi connectivity index (χ1) is 28.9. The zero-order valence-corrected chi connectivity index (χ0v) is 32.1. The van der Waals surface area contributed by atoms with Gasteiger partial charge in [-0.1, -0.05) is 22.7 Å². The molecule has 4 fully saturated rings. The van der Waals surface area contributed by atoms with Crippen molar-refractivity contribution in [3.63, 3.8) is 0 Å². The van der Waals surface area contributed by atoms with Crippen molar-refractivity contribution in [1.82, 2.24) is 50.1 Å². The van der Waals surface area contributed by atoms with E-state index in [1.807, 2.05) is 34.1 Å². The number of likely N-dealkylation sites (N-methyl/N-ethyl adjacent to an activating group) is 1. The van der Waals surface area contributed by atoms with Crippen molar-refractivity contribution in [3.05, 3.63) is 49.1 Å². The molecule has 294 valence electrons. The fraction of sp³-hybridized carbons (Fsp3) is 0.405. The van der Waals surface area contributed by atoms with Crippen molar-refractivity contribution < 1.29 is 22.5 Å². The number of nitrogens with zero attached hydrogens (tertiary/aromatic N) is 13. The molecule has 20 heteroatoms. The minimum atomic E-state index is -2.30. The van der Waals surface area contributed by atoms with Crippen molar-refractivity contribution in [3.8, 4) is 21.1 Å². The van der Waals surface area contributed by atoms with E-state index in [1.165, 1.54) is 32.5 Å². The number of fused-ring (bicyclic) bond motifs is 2. The number of nitrogens with one attached hydrogen (secondary N) is 1. The predicted octanol–water partition coefficient (Wildman–Crippen LogP) is 3.61. The van der Waals surface area contributed by atoms with E-state index in [4.69, 9.17) is 4.11 Å². The van der Waals surface area contributed by atoms with Crippen molar-refractivity contribution >= 4 is 78.7 Å². The van der Waals surface area contributed by atoms with E-state index in [2.05, 4.69) is 45.2 Å². The molecule has 6 aromatic rings. The molecule has 16 nitrogen and oxygen atoms in total. The van der Waals surface area contributed by atoms with Crippen molar-refractivity contribution in [1.29, 1.82) is 0 Å². The number of piperazine rings is 2. The van der Waals surface area contributed by atoms with Crippen molar-refractivity contribution in [2.24, 2.45) is 0 Å². The maximum Gasteiger partial charge on any atom is 0.243 e. The minimum Gasteiger partial charge on any atom is -0.354 e. The monoisotopic (exact) mass is 818 g/mol. The molecule has 0 saturated carbocycles. The van der Waals surface area contributed by atoms with E-state index in [0.29, 0.717) is 78.9 Å². The second-order valence-corrected chi connectivity index (χ2v) is 15.9. The number of alkyl halides is 2. The predicted molar refractivity (Wildman–Crippen MR) is 215 cm³/mol. The Morgan fingerprint density at radius 2 is 1.25 bits per heavy atom. The lowest BCUT2D eigenvalue weighted by atomic mass is 10.3. The Morgan fingerprint density at radius 3 is 1.70 bits per heavy atom. The molecule has 0 spiro atoms. The molecule has 10 heterocycles. The van der Waals surface area contributed by atoms with Crippen LogP contribution in [0.25, 0.3) is 41.8 Å². The number of hydrogen-bond acceptors (Lipinski definition) is 16. The number of amides is 2. The highest BCUT2D eigenvalue weighted by molar-refractivity contribution is 7.21. The second-order valence-electron chi connectivity index (χ2n) is 13.9. The summed E-state index contributed by atoms with van der Waals surface area (Å²) in [5.41, 5.74) is 2.99. The molecule has 0 bridgehead atoms. The van der Waals surface area contributed by atoms with Gasteiger partial charge in [0.05, 0.1) is 38.6 Å². The van der Waals surface area contributed by atoms with Gasteiger partial charge >= 0.3 is 0 Å². The maximum atomic E-state index is 13.4. The highest BCUT2D eigenvalue weighted by Gasteiger charge is 2.27. The molecule has 2 atom stereocenters. The maximum absolute atomic E-state index is 13.4. The van der Waals surface area contributed by atoms with Gasteiger partial charge in [0, 0.05) is 66.9 Å². The normalized spacial score (nSPS) is 21.5. The first-order valence-corrected chi connectivity index (χ1v) is 20.1. The van der Waals surface area contributed by atoms with Crippen molar-refractivity contribution in [2.45, 2.75) is 25.2 Å². The third-order valence-electron chi connectivity index (χ3n) is 9.97. The first kappa shape index (κ1) is 33.7. The summed E-state index contributed by atoms with van der Waals surface area (Å²) in [5.74, 6) is 1.79. The van der Waals surface area contributed by atoms with Gasteiger partial charge in [0.25, 0.3) is 0 Å². The molecule has 57 heavy (non-hydrogen) atoms. The number of halogens is 2. The number of thiazole rings is 2. The van der Waals surface area contributed by atoms with Gasteiger partial charge in [0.2, 0.25) is 23.7 Å². The fourth-order valence-electron chi connectivity index (χ4n) is 6.91. The van der Waals surface area contributed by atoms with E-state index in [-0.39, 0.29) is 37.4 Å². The molecule has 4 saturated heterocycles. The van der Waals surface area contributed by atoms with Crippen LogP contribution in [0, 0.1) is 0 Å². The van der Waals surface area contributed by atoms with Crippen LogP contribution in [0.1, 0.15) is 17.0 Å². The van der Waals surface area contributed by atoms with Crippen LogP contribution in [-0.2, 0) is 9.59 Å². The summed E-state index contributed by atoms with van der Waals surface area (Å²) >= 11 is 2.80. The van der Waals surface area contributed by atoms with Gasteiger partial charge in [-0.3, -0.25) is 24.3 Å². The van der Waals surface area contributed by atoms with E-state index in [9.17, 15) is 18.4 Å². The highest BCUT2D eigenvalue weighted by atomic mass is 32.1. The SMILES string of the molecule is O=C1CNCCN1c1ncc2nc(-c3ccc(N4CC[C@@H](F)C4)nc3)sc2n1.[3H]C([3H])([3H])N1CCN(c2ncc3nc(-c4ccc(N5CC[C@@H](F)C5)nc4)sc3n2)C(=O)C1. The van der Waals surface area contributed by atoms with Gasteiger partial charge in [-0.25, -0.2) is 38.7 Å². The number of carbonyl (C=O) groups is 2. The fourth-order valence-corrected chi connectivity index (χ4v) is 8.71. The molecular formula is C37H38F2N14O2S2. The van der Waals surface area contributed by atoms with Crippen LogP contribution < -0.4 is 24.9 Å². The van der Waals surface area contributed by atoms with Gasteiger partial charge in [-0.05, 0) is 44.1 Å². The minimum absolute atomic E-state index is 0.0347. The largest absolute Gasteiger partial charge is 0.354 e. The summed E-state index contributed by atoms with van der Waals surface area (Å²) in [7, 11) is 0. The Morgan fingerprint density at radius 1 is 0.684 bits per heavy atom. The molecule has 0 aromatic carbocycles. The van der Waals surface area contributed by atoms with Crippen LogP contribution in [0.3, 0.4) is 0 Å². The summed E-state index contributed by atoms with van der Waals surface area (Å²) in [6.07, 6.45) is 6.18. The number of rotatable bonds is 6. The highest BCUT2D eigenvalue weighted by Crippen LogP contribution is 2.32. The molecular weight excluding hydrogens is 775 g/mol. The third-order valence-corrected chi connectivity index (χ3v) is 12.0. The Labute approximate surface area is 337 Å². The molecule has 0 aliphatic carbocycles. The number of anilines is 4. The Bertz CT molecular complexity index is 2530. The number of aromatic nitrogens is 8. The Hall–Kier alpha value is -5.44. The lowest BCUT2D eigenvalue weighted by molar-refractivity contribution is -0.121. The van der Waals surface area contributed by atoms with Crippen LogP contribution in [0.5, 0.6) is 0 Å². The van der Waals surface area contributed by atoms with Gasteiger partial charge in [-0.15, -0.1) is 0 Å². The lowest BCUT2D eigenvalue weighted by Crippen LogP contribution is -2.49. The standard InChI is InChI=1S/C19H20FN7OS.C18H18FN7OS/c1-25-6-7-27(16(28)11-25)19-22-9-14-18(24-19)29-17(23-14)12-2-3-15(21-8-12)26-5-4-13(20)10-26;19-12-3-5-25(10-12)14-2-1-11(7-21-14)16-23-13-8-22-18(24-17(13)28-16)26-6-4-20-9-15(26)27/h2-3,8-9,13H,4-7,10-11H2,1H3;1-2,7-8,12,20H,3-6,9-10H2/t13-;12-/m11/s1/i1T3;. The summed E-state index contributed by atoms with van der Waals surface area (Å²) < 4.78 is 49.3. The van der Waals surface area contributed by atoms with Crippen molar-refractivity contribution in [2.75, 3.05) is 92.0 Å². The average Bonchev–Trinajstić information content (AvgIpc) is 4.07. The van der Waals surface area contributed by atoms with Gasteiger partial charge in [0.15, 0.2) is 0 Å². The quantitative estimate of drug-likeness (QED) is 0.259. The van der Waals surface area contributed by atoms with Gasteiger partial charge < -0.3 is 15.1 Å². The summed E-state index contributed by atoms with van der Waals surface area (Å²) in [6, 6.07) is 7.60. The first-order valence-electron chi connectivity index (χ1n) is 20.0. The number of hydrogen-bond donors (Lipinski definition) is 1. The smallest absolute Gasteiger partial charge is 0.243 e. The second kappa shape index (κ2) is 15.8. The summed E-state index contributed by atoms with van der Waals surface area (Å²) in [4.78, 5) is 69.6. The van der Waals surface area contributed by atoms with Gasteiger partial charge in [0.1, 0.15) is 54.7 Å². The molecule has 6 aromatic heterocycles. The molecule has 1 N–H and O–H groups in total. The van der Waals surface area contributed by atoms with Crippen LogP contribution in [0.2, 0.25) is 0 Å². The zero-order valence-electron chi connectivity index (χ0n) is 33.5. The van der Waals surface area contributed by atoms with E-state index in [0.717, 1.165) is 39.1 Å². The third kappa shape index (κ3) is 7.94. The van der Waals surface area contributed by atoms with Crippen LogP contribution in [-0.4, -0.2) is 141 Å². The lowest BCUT2D eigenvalue weighted by Gasteiger charge is -2.30. The van der Waals surface area contributed by atoms with Crippen LogP contribution in [0.15, 0.2) is 49.1 Å². The average molecular weight is 819 g/mol. The summed E-state index contributed by atoms with van der Waals surface area (Å²) in [6.45, 7) is 1.61. The zero-order chi connectivity index (χ0) is 41.5. The van der Waals surface area contributed by atoms with E-state index < -0.39 is 19.3 Å². The Balaban J connectivity index is 0.000000155. The molecule has 4 aliphatic heterocycles. The van der Waals surface area contributed by atoms with Crippen LogP contribution in [0.4, 0.5) is 32.3 Å². The molecule has 0 unspecified atom stereocenters. The summed E-state index contributed by atoms with van der Waals surface area (Å²) in [5, 5.41) is 4.54. The van der Waals surface area contributed by atoms with Gasteiger partial charge in [-0.2, -0.15) is 9.97 Å². The number of pyridine rings is 2. The van der Waals surface area contributed by atoms with E-state index >= 15 is 0 Å². The topological polar surface area (TPSA) is 165 Å². The Kier molecular flexibility index (Phi) is 9.36. The molecule has 4 aliphatic rings. The molecule has 0 radical (unpaired) electrons.